The van der Waals surface area contributed by atoms with Crippen LogP contribution >= 0.6 is 8.25 Å². The summed E-state index contributed by atoms with van der Waals surface area (Å²) < 4.78 is 8.74. The van der Waals surface area contributed by atoms with Crippen LogP contribution in [0.15, 0.2) is 30.3 Å². The Morgan fingerprint density at radius 1 is 1.23 bits per heavy atom. The zero-order chi connectivity index (χ0) is 10.1. The molecule has 1 rings (SSSR count). The van der Waals surface area contributed by atoms with E-state index in [9.17, 15) is 4.79 Å². The SMILES string of the molecule is O=C=Cc1ccccc1.O=[PH](O)O. The van der Waals surface area contributed by atoms with Crippen LogP contribution < -0.4 is 0 Å². The predicted octanol–water partition coefficient (Wildman–Crippen LogP) is 0.892. The quantitative estimate of drug-likeness (QED) is 0.521. The van der Waals surface area contributed by atoms with E-state index in [-0.39, 0.29) is 0 Å². The lowest BCUT2D eigenvalue weighted by atomic mass is 10.2. The highest BCUT2D eigenvalue weighted by Crippen LogP contribution is 1.98. The minimum atomic E-state index is -3.13. The van der Waals surface area contributed by atoms with E-state index in [0.717, 1.165) is 5.56 Å². The Bertz CT molecular complexity index is 299. The molecular weight excluding hydrogens is 191 g/mol. The summed E-state index contributed by atoms with van der Waals surface area (Å²) in [5, 5.41) is 0. The summed E-state index contributed by atoms with van der Waals surface area (Å²) in [6.07, 6.45) is 1.40. The first-order valence-corrected chi connectivity index (χ1v) is 4.65. The van der Waals surface area contributed by atoms with Crippen LogP contribution in [0.25, 0.3) is 6.08 Å². The second-order valence-corrected chi connectivity index (χ2v) is 2.52. The Morgan fingerprint density at radius 2 is 1.69 bits per heavy atom. The molecule has 13 heavy (non-hydrogen) atoms. The lowest BCUT2D eigenvalue weighted by molar-refractivity contribution is 0.405. The normalized spacial score (nSPS) is 8.23. The summed E-state index contributed by atoms with van der Waals surface area (Å²) in [6, 6.07) is 9.37. The fraction of sp³-hybridized carbons (Fsp3) is 0. The zero-order valence-electron chi connectivity index (χ0n) is 6.68. The van der Waals surface area contributed by atoms with Crippen LogP contribution in [0.3, 0.4) is 0 Å². The molecule has 70 valence electrons. The molecular formula is C8H9O4P. The van der Waals surface area contributed by atoms with Crippen LogP contribution in [0.4, 0.5) is 0 Å². The van der Waals surface area contributed by atoms with Crippen molar-refractivity contribution >= 4 is 20.3 Å². The van der Waals surface area contributed by atoms with E-state index >= 15 is 0 Å². The second kappa shape index (κ2) is 7.47. The summed E-state index contributed by atoms with van der Waals surface area (Å²) in [5.41, 5.74) is 0.896. The molecule has 0 amide bonds. The summed E-state index contributed by atoms with van der Waals surface area (Å²) in [7, 11) is -3.13. The molecule has 0 saturated carbocycles. The van der Waals surface area contributed by atoms with Crippen LogP contribution in [0.1, 0.15) is 5.56 Å². The van der Waals surface area contributed by atoms with Crippen molar-refractivity contribution in [2.45, 2.75) is 0 Å². The number of hydrogen-bond donors (Lipinski definition) is 2. The zero-order valence-corrected chi connectivity index (χ0v) is 7.68. The smallest absolute Gasteiger partial charge is 0.314 e. The van der Waals surface area contributed by atoms with Crippen LogP contribution in [-0.4, -0.2) is 15.7 Å². The second-order valence-electron chi connectivity index (χ2n) is 1.96. The highest BCUT2D eigenvalue weighted by Gasteiger charge is 1.78. The number of rotatable bonds is 1. The topological polar surface area (TPSA) is 74.6 Å². The minimum absolute atomic E-state index is 0.896. The summed E-state index contributed by atoms with van der Waals surface area (Å²) in [4.78, 5) is 24.1. The van der Waals surface area contributed by atoms with Gasteiger partial charge >= 0.3 is 8.25 Å². The van der Waals surface area contributed by atoms with Gasteiger partial charge in [0.15, 0.2) is 0 Å². The Hall–Kier alpha value is -1.18. The van der Waals surface area contributed by atoms with Gasteiger partial charge in [-0.1, -0.05) is 30.3 Å². The summed E-state index contributed by atoms with van der Waals surface area (Å²) >= 11 is 0. The van der Waals surface area contributed by atoms with Crippen LogP contribution in [-0.2, 0) is 9.36 Å². The Kier molecular flexibility index (Phi) is 6.79. The van der Waals surface area contributed by atoms with E-state index in [4.69, 9.17) is 14.4 Å². The number of hydrogen-bond acceptors (Lipinski definition) is 2. The third-order valence-electron chi connectivity index (χ3n) is 1.03. The predicted molar refractivity (Wildman–Crippen MR) is 50.0 cm³/mol. The van der Waals surface area contributed by atoms with Gasteiger partial charge in [0.05, 0.1) is 0 Å². The third-order valence-corrected chi connectivity index (χ3v) is 1.03. The molecule has 0 fully saturated rings. The van der Waals surface area contributed by atoms with Gasteiger partial charge < -0.3 is 9.79 Å². The van der Waals surface area contributed by atoms with Gasteiger partial charge in [0.2, 0.25) is 0 Å². The molecule has 1 aromatic rings. The van der Waals surface area contributed by atoms with E-state index in [1.807, 2.05) is 30.3 Å². The third kappa shape index (κ3) is 8.73. The standard InChI is InChI=1S/C8H6O.H3O3P/c9-7-6-8-4-2-1-3-5-8;1-4(2)3/h1-6H;4H,(H2,1,2,3). The molecule has 0 bridgehead atoms. The van der Waals surface area contributed by atoms with Gasteiger partial charge in [-0.05, 0) is 5.56 Å². The lowest BCUT2D eigenvalue weighted by Gasteiger charge is -1.83. The minimum Gasteiger partial charge on any atom is -0.326 e. The molecule has 0 atom stereocenters. The Labute approximate surface area is 76.1 Å². The first-order chi connectivity index (χ1) is 6.16. The van der Waals surface area contributed by atoms with Gasteiger partial charge in [-0.15, -0.1) is 0 Å². The van der Waals surface area contributed by atoms with Crippen LogP contribution in [0.5, 0.6) is 0 Å². The molecule has 1 aromatic carbocycles. The van der Waals surface area contributed by atoms with Gasteiger partial charge in [-0.2, -0.15) is 0 Å². The van der Waals surface area contributed by atoms with Crippen molar-refractivity contribution in [2.24, 2.45) is 0 Å². The largest absolute Gasteiger partial charge is 0.326 e. The lowest BCUT2D eigenvalue weighted by Crippen LogP contribution is -1.66. The van der Waals surface area contributed by atoms with E-state index in [1.165, 1.54) is 6.08 Å². The van der Waals surface area contributed by atoms with Gasteiger partial charge in [0, 0.05) is 6.08 Å². The summed E-state index contributed by atoms with van der Waals surface area (Å²) in [6.45, 7) is 0. The monoisotopic (exact) mass is 200 g/mol. The first kappa shape index (κ1) is 11.8. The molecule has 0 aliphatic heterocycles. The van der Waals surface area contributed by atoms with Crippen molar-refractivity contribution in [1.82, 2.24) is 0 Å². The van der Waals surface area contributed by atoms with Crippen molar-refractivity contribution in [1.29, 1.82) is 0 Å². The molecule has 0 aromatic heterocycles. The number of benzene rings is 1. The fourth-order valence-electron chi connectivity index (χ4n) is 0.617. The average molecular weight is 200 g/mol. The average Bonchev–Trinajstić information content (AvgIpc) is 2.06. The molecule has 0 heterocycles. The van der Waals surface area contributed by atoms with Crippen molar-refractivity contribution in [3.05, 3.63) is 35.9 Å². The van der Waals surface area contributed by atoms with Gasteiger partial charge in [0.25, 0.3) is 0 Å². The Morgan fingerprint density at radius 3 is 2.08 bits per heavy atom. The maximum absolute atomic E-state index is 9.79. The number of carbonyl (C=O) groups excluding carboxylic acids is 1. The van der Waals surface area contributed by atoms with Gasteiger partial charge in [-0.3, -0.25) is 4.57 Å². The molecule has 4 nitrogen and oxygen atoms in total. The first-order valence-electron chi connectivity index (χ1n) is 3.34. The Balaban J connectivity index is 0.000000310. The molecule has 0 saturated heterocycles. The molecule has 0 aliphatic carbocycles. The van der Waals surface area contributed by atoms with E-state index in [2.05, 4.69) is 0 Å². The molecule has 2 N–H and O–H groups in total. The van der Waals surface area contributed by atoms with Crippen molar-refractivity contribution < 1.29 is 19.1 Å². The van der Waals surface area contributed by atoms with Crippen molar-refractivity contribution in [3.8, 4) is 0 Å². The molecule has 0 aliphatic rings. The maximum Gasteiger partial charge on any atom is 0.314 e. The maximum atomic E-state index is 9.79. The fourth-order valence-corrected chi connectivity index (χ4v) is 0.617. The molecule has 0 radical (unpaired) electrons. The molecule has 0 unspecified atom stereocenters. The van der Waals surface area contributed by atoms with E-state index < -0.39 is 8.25 Å². The van der Waals surface area contributed by atoms with Gasteiger partial charge in [0.1, 0.15) is 5.94 Å². The highest BCUT2D eigenvalue weighted by atomic mass is 31.1. The van der Waals surface area contributed by atoms with E-state index in [0.29, 0.717) is 0 Å². The van der Waals surface area contributed by atoms with E-state index in [1.54, 1.807) is 5.94 Å². The van der Waals surface area contributed by atoms with Crippen LogP contribution in [0, 0.1) is 0 Å². The van der Waals surface area contributed by atoms with Crippen molar-refractivity contribution in [3.63, 3.8) is 0 Å². The van der Waals surface area contributed by atoms with Gasteiger partial charge in [-0.25, -0.2) is 4.79 Å². The van der Waals surface area contributed by atoms with Crippen molar-refractivity contribution in [2.75, 3.05) is 0 Å². The molecule has 0 spiro atoms. The molecule has 5 heteroatoms. The highest BCUT2D eigenvalue weighted by molar-refractivity contribution is 7.30. The van der Waals surface area contributed by atoms with Crippen LogP contribution in [0.2, 0.25) is 0 Å². The summed E-state index contributed by atoms with van der Waals surface area (Å²) in [5.74, 6) is 1.71.